The smallest absolute Gasteiger partial charge is 0.308 e. The maximum atomic E-state index is 13.6. The third kappa shape index (κ3) is 4.92. The van der Waals surface area contributed by atoms with Gasteiger partial charge in [0.1, 0.15) is 23.0 Å². The number of benzene rings is 2. The van der Waals surface area contributed by atoms with Gasteiger partial charge >= 0.3 is 6.03 Å². The van der Waals surface area contributed by atoms with Crippen molar-refractivity contribution in [1.29, 1.82) is 0 Å². The van der Waals surface area contributed by atoms with Crippen LogP contribution < -0.4 is 10.6 Å². The van der Waals surface area contributed by atoms with Crippen molar-refractivity contribution in [3.8, 4) is 0 Å². The lowest BCUT2D eigenvalue weighted by molar-refractivity contribution is 0.0959. The zero-order valence-electron chi connectivity index (χ0n) is 12.2. The summed E-state index contributed by atoms with van der Waals surface area (Å²) >= 11 is -0.0104. The van der Waals surface area contributed by atoms with Gasteiger partial charge < -0.3 is 5.32 Å². The summed E-state index contributed by atoms with van der Waals surface area (Å²) in [5.41, 5.74) is -1.09. The van der Waals surface area contributed by atoms with Crippen LogP contribution in [0, 0.1) is 17.5 Å². The van der Waals surface area contributed by atoms with Gasteiger partial charge in [-0.25, -0.2) is 18.0 Å². The maximum absolute atomic E-state index is 13.6. The highest BCUT2D eigenvalue weighted by molar-refractivity contribution is 7.99. The Morgan fingerprint density at radius 2 is 1.60 bits per heavy atom. The van der Waals surface area contributed by atoms with E-state index in [0.29, 0.717) is 0 Å². The second-order valence-corrected chi connectivity index (χ2v) is 5.56. The van der Waals surface area contributed by atoms with Gasteiger partial charge in [0.2, 0.25) is 0 Å². The van der Waals surface area contributed by atoms with Crippen LogP contribution in [0.15, 0.2) is 41.3 Å². The molecular weight excluding hydrogens is 367 g/mol. The number of amides is 3. The molecule has 0 radical (unpaired) electrons. The molecule has 0 bridgehead atoms. The molecule has 0 spiro atoms. The van der Waals surface area contributed by atoms with Crippen molar-refractivity contribution < 1.29 is 31.5 Å². The molecule has 0 fully saturated rings. The first-order valence-corrected chi connectivity index (χ1v) is 7.46. The zero-order chi connectivity index (χ0) is 18.6. The Balaban J connectivity index is 2.05. The third-order valence-corrected chi connectivity index (χ3v) is 3.59. The quantitative estimate of drug-likeness (QED) is 0.615. The number of carbonyl (C=O) groups is 2. The van der Waals surface area contributed by atoms with E-state index >= 15 is 0 Å². The fourth-order valence-electron chi connectivity index (χ4n) is 1.81. The van der Waals surface area contributed by atoms with E-state index in [0.717, 1.165) is 36.4 Å². The van der Waals surface area contributed by atoms with Gasteiger partial charge in [-0.05, 0) is 30.3 Å². The number of anilines is 1. The average molecular weight is 376 g/mol. The van der Waals surface area contributed by atoms with Gasteiger partial charge in [0, 0.05) is 10.6 Å². The van der Waals surface area contributed by atoms with E-state index in [1.54, 1.807) is 5.32 Å². The molecule has 2 rings (SSSR count). The van der Waals surface area contributed by atoms with Gasteiger partial charge in [-0.15, -0.1) is 0 Å². The monoisotopic (exact) mass is 376 g/mol. The molecule has 0 unspecified atom stereocenters. The summed E-state index contributed by atoms with van der Waals surface area (Å²) in [5.74, 6) is -7.48. The number of imide groups is 1. The fraction of sp³-hybridized carbons (Fsp3) is 0.0667. The number of hydrogen-bond acceptors (Lipinski definition) is 3. The van der Waals surface area contributed by atoms with Crippen molar-refractivity contribution in [2.75, 3.05) is 5.32 Å². The van der Waals surface area contributed by atoms with E-state index in [1.165, 1.54) is 0 Å². The molecule has 0 aliphatic heterocycles. The molecule has 10 heteroatoms. The first-order chi connectivity index (χ1) is 11.8. The van der Waals surface area contributed by atoms with E-state index < -0.39 is 40.7 Å². The van der Waals surface area contributed by atoms with Crippen molar-refractivity contribution >= 4 is 29.4 Å². The number of halogens is 5. The Hall–Kier alpha value is -2.62. The molecule has 25 heavy (non-hydrogen) atoms. The molecule has 0 aliphatic rings. The summed E-state index contributed by atoms with van der Waals surface area (Å²) < 4.78 is 64.9. The van der Waals surface area contributed by atoms with Crippen LogP contribution in [-0.2, 0) is 0 Å². The largest absolute Gasteiger partial charge is 0.326 e. The summed E-state index contributed by atoms with van der Waals surface area (Å²) in [6, 6.07) is 4.44. The zero-order valence-corrected chi connectivity index (χ0v) is 13.0. The highest BCUT2D eigenvalue weighted by atomic mass is 32.2. The second-order valence-electron chi connectivity index (χ2n) is 4.53. The summed E-state index contributed by atoms with van der Waals surface area (Å²) in [7, 11) is 0. The molecule has 2 aromatic rings. The Kier molecular flexibility index (Phi) is 5.97. The average Bonchev–Trinajstić information content (AvgIpc) is 2.49. The first kappa shape index (κ1) is 18.7. The molecule has 2 aromatic carbocycles. The molecule has 2 N–H and O–H groups in total. The minimum absolute atomic E-state index is 0.0104. The van der Waals surface area contributed by atoms with Crippen LogP contribution in [0.3, 0.4) is 0 Å². The van der Waals surface area contributed by atoms with E-state index in [1.807, 2.05) is 0 Å². The highest BCUT2D eigenvalue weighted by Crippen LogP contribution is 2.29. The molecule has 0 aromatic heterocycles. The molecule has 4 nitrogen and oxygen atoms in total. The number of hydrogen-bond donors (Lipinski definition) is 2. The topological polar surface area (TPSA) is 58.2 Å². The van der Waals surface area contributed by atoms with Crippen molar-refractivity contribution in [3.05, 3.63) is 59.4 Å². The fourth-order valence-corrected chi connectivity index (χ4v) is 2.32. The Bertz CT molecular complexity index is 796. The first-order valence-electron chi connectivity index (χ1n) is 6.58. The minimum atomic E-state index is -2.81. The molecule has 0 atom stereocenters. The van der Waals surface area contributed by atoms with E-state index in [2.05, 4.69) is 5.32 Å². The maximum Gasteiger partial charge on any atom is 0.326 e. The lowest BCUT2D eigenvalue weighted by Gasteiger charge is -2.09. The summed E-state index contributed by atoms with van der Waals surface area (Å²) in [4.78, 5) is 23.0. The van der Waals surface area contributed by atoms with Crippen LogP contribution in [0.1, 0.15) is 10.4 Å². The molecular formula is C15H9F5N2O2S. The van der Waals surface area contributed by atoms with Crippen LogP contribution in [0.5, 0.6) is 0 Å². The normalized spacial score (nSPS) is 10.6. The number of urea groups is 1. The van der Waals surface area contributed by atoms with Gasteiger partial charge in [0.15, 0.2) is 0 Å². The molecule has 0 saturated carbocycles. The van der Waals surface area contributed by atoms with Crippen LogP contribution in [0.4, 0.5) is 32.4 Å². The summed E-state index contributed by atoms with van der Waals surface area (Å²) in [5, 5.41) is 3.73. The molecule has 0 heterocycles. The van der Waals surface area contributed by atoms with Gasteiger partial charge in [-0.1, -0.05) is 17.8 Å². The predicted octanol–water partition coefficient (Wildman–Crippen LogP) is 4.38. The second kappa shape index (κ2) is 7.97. The molecule has 0 aliphatic carbocycles. The Morgan fingerprint density at radius 1 is 0.960 bits per heavy atom. The van der Waals surface area contributed by atoms with Gasteiger partial charge in [-0.3, -0.25) is 10.1 Å². The predicted molar refractivity (Wildman–Crippen MR) is 81.1 cm³/mol. The van der Waals surface area contributed by atoms with Gasteiger partial charge in [-0.2, -0.15) is 8.78 Å². The number of rotatable bonds is 4. The van der Waals surface area contributed by atoms with Crippen LogP contribution in [0.2, 0.25) is 0 Å². The van der Waals surface area contributed by atoms with Crippen molar-refractivity contribution in [3.63, 3.8) is 0 Å². The molecule has 3 amide bonds. The molecule has 132 valence electrons. The van der Waals surface area contributed by atoms with Crippen molar-refractivity contribution in [1.82, 2.24) is 5.32 Å². The summed E-state index contributed by atoms with van der Waals surface area (Å²) in [6.07, 6.45) is 0. The van der Waals surface area contributed by atoms with E-state index in [-0.39, 0.29) is 22.3 Å². The van der Waals surface area contributed by atoms with Crippen molar-refractivity contribution in [2.24, 2.45) is 0 Å². The van der Waals surface area contributed by atoms with Crippen molar-refractivity contribution in [2.45, 2.75) is 10.7 Å². The minimum Gasteiger partial charge on any atom is -0.308 e. The summed E-state index contributed by atoms with van der Waals surface area (Å²) in [6.45, 7) is 0. The standard InChI is InChI=1S/C15H9F5N2O2S/c16-8-2-1-3-9(17)12(8)13(23)22-15(24)21-7-4-5-11(10(18)6-7)25-14(19)20/h1-6,14H,(H2,21,22,23,24). The lowest BCUT2D eigenvalue weighted by atomic mass is 10.2. The van der Waals surface area contributed by atoms with Crippen LogP contribution in [-0.4, -0.2) is 17.7 Å². The SMILES string of the molecule is O=C(NC(=O)c1c(F)cccc1F)Nc1ccc(SC(F)F)c(F)c1. The Morgan fingerprint density at radius 3 is 2.16 bits per heavy atom. The lowest BCUT2D eigenvalue weighted by Crippen LogP contribution is -2.35. The highest BCUT2D eigenvalue weighted by Gasteiger charge is 2.19. The third-order valence-electron chi connectivity index (χ3n) is 2.82. The number of alkyl halides is 2. The number of nitrogens with one attached hydrogen (secondary N) is 2. The number of thioether (sulfide) groups is 1. The number of carbonyl (C=O) groups excluding carboxylic acids is 2. The van der Waals surface area contributed by atoms with Gasteiger partial charge in [0.25, 0.3) is 11.7 Å². The van der Waals surface area contributed by atoms with Crippen LogP contribution in [0.25, 0.3) is 0 Å². The van der Waals surface area contributed by atoms with E-state index in [4.69, 9.17) is 0 Å². The molecule has 0 saturated heterocycles. The van der Waals surface area contributed by atoms with Crippen LogP contribution >= 0.6 is 11.8 Å². The Labute approximate surface area is 142 Å². The van der Waals surface area contributed by atoms with E-state index in [9.17, 15) is 31.5 Å². The van der Waals surface area contributed by atoms with Gasteiger partial charge in [0.05, 0.1) is 0 Å².